The van der Waals surface area contributed by atoms with Gasteiger partial charge >= 0.3 is 0 Å². The van der Waals surface area contributed by atoms with E-state index in [4.69, 9.17) is 0 Å². The van der Waals surface area contributed by atoms with E-state index in [1.54, 1.807) is 0 Å². The molecule has 5 fully saturated rings. The second-order valence-corrected chi connectivity index (χ2v) is 11.2. The van der Waals surface area contributed by atoms with Gasteiger partial charge < -0.3 is 0 Å². The maximum atomic E-state index is 12.2. The average molecular weight is 362 g/mol. The summed E-state index contributed by atoms with van der Waals surface area (Å²) in [6.45, 7) is 8.99. The van der Waals surface area contributed by atoms with Crippen LogP contribution in [0.2, 0.25) is 0 Å². The molecule has 0 amide bonds. The molecule has 7 unspecified atom stereocenters. The molecule has 0 radical (unpaired) electrons. The van der Waals surface area contributed by atoms with Crippen molar-refractivity contribution in [3.05, 3.63) is 24.3 Å². The Balaban J connectivity index is 1.45. The van der Waals surface area contributed by atoms with Gasteiger partial charge in [0.2, 0.25) is 0 Å². The molecule has 10 atom stereocenters. The van der Waals surface area contributed by atoms with Crippen molar-refractivity contribution in [1.82, 2.24) is 0 Å². The molecule has 6 aliphatic carbocycles. The molecule has 27 heavy (non-hydrogen) atoms. The van der Waals surface area contributed by atoms with Crippen molar-refractivity contribution in [2.75, 3.05) is 0 Å². The van der Waals surface area contributed by atoms with Crippen LogP contribution in [0.3, 0.4) is 0 Å². The first kappa shape index (κ1) is 16.6. The molecule has 0 bridgehead atoms. The predicted molar refractivity (Wildman–Crippen MR) is 104 cm³/mol. The summed E-state index contributed by atoms with van der Waals surface area (Å²) in [5.74, 6) is 5.49. The summed E-state index contributed by atoms with van der Waals surface area (Å²) in [5.41, 5.74) is 1.77. The number of hydrogen-bond donors (Lipinski definition) is 0. The molecule has 142 valence electrons. The Morgan fingerprint density at radius 1 is 1.26 bits per heavy atom. The van der Waals surface area contributed by atoms with Crippen molar-refractivity contribution in [2.45, 2.75) is 58.8 Å². The molecule has 0 heterocycles. The Morgan fingerprint density at radius 2 is 2.07 bits per heavy atom. The number of fused-ring (bicyclic) bond motifs is 10. The molecule has 0 spiro atoms. The summed E-state index contributed by atoms with van der Waals surface area (Å²) >= 11 is 0. The number of nitriles is 1. The normalized spacial score (nSPS) is 59.2. The first-order valence-electron chi connectivity index (χ1n) is 11.2. The maximum absolute atomic E-state index is 12.2. The van der Waals surface area contributed by atoms with Crippen LogP contribution in [0, 0.1) is 69.0 Å². The van der Waals surface area contributed by atoms with Gasteiger partial charge in [-0.05, 0) is 96.9 Å². The lowest BCUT2D eigenvalue weighted by Crippen LogP contribution is -2.54. The highest BCUT2D eigenvalue weighted by molar-refractivity contribution is 5.92. The zero-order chi connectivity index (χ0) is 18.8. The topological polar surface area (TPSA) is 40.9 Å². The summed E-state index contributed by atoms with van der Waals surface area (Å²) in [6.07, 6.45) is 11.8. The summed E-state index contributed by atoms with van der Waals surface area (Å²) in [4.78, 5) is 12.2. The zero-order valence-corrected chi connectivity index (χ0v) is 16.7. The maximum Gasteiger partial charge on any atom is 0.155 e. The van der Waals surface area contributed by atoms with Gasteiger partial charge in [0.15, 0.2) is 5.78 Å². The second kappa shape index (κ2) is 4.79. The predicted octanol–water partition coefficient (Wildman–Crippen LogP) is 5.32. The first-order chi connectivity index (χ1) is 12.9. The quantitative estimate of drug-likeness (QED) is 0.625. The number of ketones is 1. The van der Waals surface area contributed by atoms with E-state index in [-0.39, 0.29) is 16.2 Å². The number of carbonyl (C=O) groups excluding carboxylic acids is 1. The Labute approximate surface area is 163 Å². The van der Waals surface area contributed by atoms with E-state index in [9.17, 15) is 10.1 Å². The third kappa shape index (κ3) is 1.68. The molecule has 2 heteroatoms. The SMILES string of the molecule is C=CC[C@]1(C#N)C2CC2C2C3C4CC4C4=CC(=O)CC[C@]4(C)C3CC[C@@]21C. The van der Waals surface area contributed by atoms with Gasteiger partial charge in [0.1, 0.15) is 0 Å². The van der Waals surface area contributed by atoms with Crippen molar-refractivity contribution >= 4 is 5.78 Å². The molecule has 0 aromatic rings. The van der Waals surface area contributed by atoms with Crippen LogP contribution in [0.15, 0.2) is 24.3 Å². The highest BCUT2D eigenvalue weighted by atomic mass is 16.1. The summed E-state index contributed by atoms with van der Waals surface area (Å²) in [7, 11) is 0. The van der Waals surface area contributed by atoms with Crippen molar-refractivity contribution in [2.24, 2.45) is 57.7 Å². The fourth-order valence-corrected chi connectivity index (χ4v) is 9.41. The van der Waals surface area contributed by atoms with Crippen LogP contribution in [0.1, 0.15) is 58.8 Å². The Hall–Kier alpha value is -1.36. The van der Waals surface area contributed by atoms with Crippen LogP contribution in [0.5, 0.6) is 0 Å². The molecule has 0 N–H and O–H groups in total. The van der Waals surface area contributed by atoms with E-state index >= 15 is 0 Å². The fourth-order valence-electron chi connectivity index (χ4n) is 9.41. The van der Waals surface area contributed by atoms with Gasteiger partial charge in [-0.15, -0.1) is 6.58 Å². The van der Waals surface area contributed by atoms with Gasteiger partial charge in [0.05, 0.1) is 11.5 Å². The molecule has 6 rings (SSSR count). The smallest absolute Gasteiger partial charge is 0.155 e. The summed E-state index contributed by atoms with van der Waals surface area (Å²) in [6, 6.07) is 2.88. The zero-order valence-electron chi connectivity index (χ0n) is 16.7. The monoisotopic (exact) mass is 361 g/mol. The van der Waals surface area contributed by atoms with E-state index in [1.807, 2.05) is 6.08 Å². The molecule has 5 saturated carbocycles. The van der Waals surface area contributed by atoms with Gasteiger partial charge in [-0.3, -0.25) is 4.79 Å². The van der Waals surface area contributed by atoms with Crippen LogP contribution in [-0.2, 0) is 4.79 Å². The van der Waals surface area contributed by atoms with Crippen LogP contribution in [0.25, 0.3) is 0 Å². The van der Waals surface area contributed by atoms with Gasteiger partial charge in [-0.2, -0.15) is 5.26 Å². The number of allylic oxidation sites excluding steroid dienone is 2. The van der Waals surface area contributed by atoms with Crippen LogP contribution in [0.4, 0.5) is 0 Å². The lowest BCUT2D eigenvalue weighted by Gasteiger charge is -2.60. The van der Waals surface area contributed by atoms with Crippen LogP contribution < -0.4 is 0 Å². The minimum atomic E-state index is -0.168. The minimum Gasteiger partial charge on any atom is -0.295 e. The minimum absolute atomic E-state index is 0.167. The molecule has 0 aromatic carbocycles. The Morgan fingerprint density at radius 3 is 2.81 bits per heavy atom. The van der Waals surface area contributed by atoms with Gasteiger partial charge in [-0.25, -0.2) is 0 Å². The fraction of sp³-hybridized carbons (Fsp3) is 0.760. The van der Waals surface area contributed by atoms with Gasteiger partial charge in [-0.1, -0.05) is 25.5 Å². The van der Waals surface area contributed by atoms with E-state index in [0.29, 0.717) is 17.6 Å². The summed E-state index contributed by atoms with van der Waals surface area (Å²) < 4.78 is 0. The molecular weight excluding hydrogens is 330 g/mol. The molecule has 6 aliphatic rings. The van der Waals surface area contributed by atoms with Crippen molar-refractivity contribution in [1.29, 1.82) is 5.26 Å². The highest BCUT2D eigenvalue weighted by Crippen LogP contribution is 2.83. The van der Waals surface area contributed by atoms with Crippen LogP contribution in [-0.4, -0.2) is 5.78 Å². The molecule has 0 saturated heterocycles. The van der Waals surface area contributed by atoms with E-state index in [0.717, 1.165) is 48.9 Å². The molecule has 2 nitrogen and oxygen atoms in total. The Bertz CT molecular complexity index is 834. The second-order valence-electron chi connectivity index (χ2n) is 11.2. The highest BCUT2D eigenvalue weighted by Gasteiger charge is 2.78. The van der Waals surface area contributed by atoms with Crippen molar-refractivity contribution in [3.8, 4) is 6.07 Å². The molecule has 0 aromatic heterocycles. The lowest BCUT2D eigenvalue weighted by atomic mass is 9.43. The van der Waals surface area contributed by atoms with E-state index in [2.05, 4.69) is 32.6 Å². The van der Waals surface area contributed by atoms with Gasteiger partial charge in [0.25, 0.3) is 0 Å². The number of rotatable bonds is 2. The largest absolute Gasteiger partial charge is 0.295 e. The van der Waals surface area contributed by atoms with E-state index < -0.39 is 0 Å². The van der Waals surface area contributed by atoms with E-state index in [1.165, 1.54) is 31.3 Å². The third-order valence-electron chi connectivity index (χ3n) is 10.6. The van der Waals surface area contributed by atoms with Crippen LogP contribution >= 0.6 is 0 Å². The number of nitrogens with zero attached hydrogens (tertiary/aromatic N) is 1. The molecule has 0 aliphatic heterocycles. The van der Waals surface area contributed by atoms with Gasteiger partial charge in [0, 0.05) is 6.42 Å². The lowest BCUT2D eigenvalue weighted by molar-refractivity contribution is -0.119. The average Bonchev–Trinajstić information content (AvgIpc) is 3.54. The standard InChI is InChI=1S/C25H31NO/c1-4-7-25(13-26)20-12-17(20)22-21-16-11-15(16)19-10-14(27)5-8-23(19,2)18(21)6-9-24(22,25)3/h4,10,15-18,20-22H,1,5-9,11-12H2,2-3H3/t15?,16?,17?,18?,20?,21?,22?,23-,24+,25+/m1/s1. The first-order valence-corrected chi connectivity index (χ1v) is 11.2. The summed E-state index contributed by atoms with van der Waals surface area (Å²) in [5, 5.41) is 10.3. The van der Waals surface area contributed by atoms with Crippen molar-refractivity contribution in [3.63, 3.8) is 0 Å². The van der Waals surface area contributed by atoms with Crippen molar-refractivity contribution < 1.29 is 4.79 Å². The number of hydrogen-bond acceptors (Lipinski definition) is 2. The molecular formula is C25H31NO. The Kier molecular flexibility index (Phi) is 2.94. The number of carbonyl (C=O) groups is 1. The third-order valence-corrected chi connectivity index (χ3v) is 10.6.